The summed E-state index contributed by atoms with van der Waals surface area (Å²) in [6.45, 7) is -0.316. The van der Waals surface area contributed by atoms with Crippen molar-refractivity contribution in [3.63, 3.8) is 0 Å². The van der Waals surface area contributed by atoms with Gasteiger partial charge < -0.3 is 14.2 Å². The number of carbonyl (C=O) groups is 2. The van der Waals surface area contributed by atoms with Gasteiger partial charge in [0.1, 0.15) is 5.69 Å². The average Bonchev–Trinajstić information content (AvgIpc) is 2.77. The quantitative estimate of drug-likeness (QED) is 0.506. The van der Waals surface area contributed by atoms with Crippen molar-refractivity contribution in [2.24, 2.45) is 0 Å². The summed E-state index contributed by atoms with van der Waals surface area (Å²) in [5.74, 6) is -1.12. The van der Waals surface area contributed by atoms with Crippen molar-refractivity contribution in [2.75, 3.05) is 20.7 Å². The van der Waals surface area contributed by atoms with E-state index in [-0.39, 0.29) is 36.1 Å². The molecule has 174 valence electrons. The van der Waals surface area contributed by atoms with E-state index in [1.807, 2.05) is 6.07 Å². The highest BCUT2D eigenvalue weighted by Crippen LogP contribution is 2.31. The summed E-state index contributed by atoms with van der Waals surface area (Å²) < 4.78 is 45.9. The highest BCUT2D eigenvalue weighted by Gasteiger charge is 2.31. The molecule has 0 aliphatic heterocycles. The van der Waals surface area contributed by atoms with Crippen molar-refractivity contribution in [3.8, 4) is 0 Å². The summed E-state index contributed by atoms with van der Waals surface area (Å²) in [6, 6.07) is 12.0. The Morgan fingerprint density at radius 2 is 1.79 bits per heavy atom. The maximum atomic E-state index is 13.2. The van der Waals surface area contributed by atoms with Gasteiger partial charge in [0.2, 0.25) is 0 Å². The molecule has 10 heteroatoms. The van der Waals surface area contributed by atoms with Crippen LogP contribution in [0, 0.1) is 0 Å². The monoisotopic (exact) mass is 461 g/mol. The van der Waals surface area contributed by atoms with Gasteiger partial charge in [-0.2, -0.15) is 13.2 Å². The molecule has 0 fully saturated rings. The van der Waals surface area contributed by atoms with Crippen molar-refractivity contribution >= 4 is 22.9 Å². The van der Waals surface area contributed by atoms with Crippen LogP contribution in [0.4, 0.5) is 13.2 Å². The smallest absolute Gasteiger partial charge is 0.416 e. The number of aryl methyl sites for hydroxylation is 1. The molecule has 1 heterocycles. The lowest BCUT2D eigenvalue weighted by atomic mass is 10.1. The largest absolute Gasteiger partial charge is 0.456 e. The van der Waals surface area contributed by atoms with E-state index in [1.54, 1.807) is 24.3 Å². The Hall–Kier alpha value is -3.69. The van der Waals surface area contributed by atoms with Crippen LogP contribution in [0.3, 0.4) is 0 Å². The molecule has 0 spiro atoms. The molecule has 0 aliphatic carbocycles. The number of hydrogen-bond acceptors (Lipinski definition) is 5. The predicted octanol–water partition coefficient (Wildman–Crippen LogP) is 3.03. The van der Waals surface area contributed by atoms with Crippen LogP contribution in [0.5, 0.6) is 0 Å². The number of likely N-dealkylation sites (N-methyl/N-ethyl adjacent to an activating group) is 1. The Bertz CT molecular complexity index is 1220. The summed E-state index contributed by atoms with van der Waals surface area (Å²) in [4.78, 5) is 42.0. The number of esters is 1. The van der Waals surface area contributed by atoms with Gasteiger partial charge >= 0.3 is 12.1 Å². The number of fused-ring (bicyclic) bond motifs is 1. The number of carbonyl (C=O) groups excluding carboxylic acids is 2. The Morgan fingerprint density at radius 1 is 1.09 bits per heavy atom. The fraction of sp³-hybridized carbons (Fsp3) is 0.304. The molecular weight excluding hydrogens is 439 g/mol. The minimum Gasteiger partial charge on any atom is -0.456 e. The van der Waals surface area contributed by atoms with E-state index in [4.69, 9.17) is 4.74 Å². The normalized spacial score (nSPS) is 11.4. The second-order valence-corrected chi connectivity index (χ2v) is 7.59. The molecule has 0 saturated carbocycles. The zero-order chi connectivity index (χ0) is 24.2. The van der Waals surface area contributed by atoms with Gasteiger partial charge in [-0.05, 0) is 23.8 Å². The van der Waals surface area contributed by atoms with Crippen molar-refractivity contribution in [1.29, 1.82) is 0 Å². The molecule has 0 aliphatic rings. The number of rotatable bonds is 7. The fourth-order valence-electron chi connectivity index (χ4n) is 3.13. The van der Waals surface area contributed by atoms with Crippen LogP contribution >= 0.6 is 0 Å². The Kier molecular flexibility index (Phi) is 7.15. The summed E-state index contributed by atoms with van der Waals surface area (Å²) in [5, 5.41) is 0. The Labute approximate surface area is 187 Å². The zero-order valence-corrected chi connectivity index (χ0v) is 18.1. The summed E-state index contributed by atoms with van der Waals surface area (Å²) in [5.41, 5.74) is -0.442. The average molecular weight is 461 g/mol. The number of halogens is 3. The van der Waals surface area contributed by atoms with Crippen LogP contribution in [0.15, 0.2) is 53.3 Å². The topological polar surface area (TPSA) is 81.5 Å². The molecule has 2 aromatic carbocycles. The molecule has 3 rings (SSSR count). The zero-order valence-electron chi connectivity index (χ0n) is 18.1. The van der Waals surface area contributed by atoms with Gasteiger partial charge in [0.05, 0.1) is 29.6 Å². The Morgan fingerprint density at radius 3 is 2.42 bits per heavy atom. The number of ether oxygens (including phenoxy) is 1. The summed E-state index contributed by atoms with van der Waals surface area (Å²) in [7, 11) is 3.03. The second-order valence-electron chi connectivity index (χ2n) is 7.59. The minimum atomic E-state index is -4.57. The van der Waals surface area contributed by atoms with Gasteiger partial charge in [0.15, 0.2) is 6.61 Å². The molecule has 0 unspecified atom stereocenters. The standard InChI is InChI=1S/C23H22F3N3O4/c1-28(2)20(30)14-33-21(31)11-9-17-22(32)29(13-15-6-4-3-5-7-15)19-10-8-16(23(24,25)26)12-18(19)27-17/h3-8,10,12H,9,11,13-14H2,1-2H3. The van der Waals surface area contributed by atoms with Crippen LogP contribution in [-0.2, 0) is 33.5 Å². The van der Waals surface area contributed by atoms with E-state index in [2.05, 4.69) is 4.98 Å². The molecule has 0 bridgehead atoms. The number of aromatic nitrogens is 2. The van der Waals surface area contributed by atoms with Gasteiger partial charge in [-0.15, -0.1) is 0 Å². The molecule has 0 atom stereocenters. The first-order chi connectivity index (χ1) is 15.6. The molecular formula is C23H22F3N3O4. The number of benzene rings is 2. The third kappa shape index (κ3) is 5.97. The molecule has 7 nitrogen and oxygen atoms in total. The predicted molar refractivity (Wildman–Crippen MR) is 115 cm³/mol. The van der Waals surface area contributed by atoms with E-state index in [0.29, 0.717) is 0 Å². The van der Waals surface area contributed by atoms with Gasteiger partial charge in [-0.25, -0.2) is 4.98 Å². The molecule has 0 saturated heterocycles. The first-order valence-electron chi connectivity index (χ1n) is 10.1. The van der Waals surface area contributed by atoms with Crippen molar-refractivity contribution < 1.29 is 27.5 Å². The molecule has 1 aromatic heterocycles. The second kappa shape index (κ2) is 9.85. The first kappa shape index (κ1) is 24.0. The van der Waals surface area contributed by atoms with Crippen molar-refractivity contribution in [1.82, 2.24) is 14.5 Å². The molecule has 0 radical (unpaired) electrons. The summed E-state index contributed by atoms with van der Waals surface area (Å²) >= 11 is 0. The fourth-order valence-corrected chi connectivity index (χ4v) is 3.13. The maximum Gasteiger partial charge on any atom is 0.416 e. The minimum absolute atomic E-state index is 0.00786. The Balaban J connectivity index is 1.94. The number of amides is 1. The molecule has 0 N–H and O–H groups in total. The lowest BCUT2D eigenvalue weighted by molar-refractivity contribution is -0.151. The SMILES string of the molecule is CN(C)C(=O)COC(=O)CCc1nc2cc(C(F)(F)F)ccc2n(Cc2ccccc2)c1=O. The van der Waals surface area contributed by atoms with Gasteiger partial charge in [-0.1, -0.05) is 30.3 Å². The third-order valence-electron chi connectivity index (χ3n) is 4.95. The third-order valence-corrected chi connectivity index (χ3v) is 4.95. The van der Waals surface area contributed by atoms with Crippen LogP contribution in [0.25, 0.3) is 11.0 Å². The van der Waals surface area contributed by atoms with Crippen molar-refractivity contribution in [3.05, 3.63) is 75.7 Å². The van der Waals surface area contributed by atoms with E-state index < -0.39 is 35.8 Å². The van der Waals surface area contributed by atoms with Gasteiger partial charge in [0, 0.05) is 20.5 Å². The molecule has 33 heavy (non-hydrogen) atoms. The highest BCUT2D eigenvalue weighted by atomic mass is 19.4. The lowest BCUT2D eigenvalue weighted by Crippen LogP contribution is -2.29. The molecule has 3 aromatic rings. The van der Waals surface area contributed by atoms with Crippen LogP contribution in [0.1, 0.15) is 23.2 Å². The lowest BCUT2D eigenvalue weighted by Gasteiger charge is -2.14. The van der Waals surface area contributed by atoms with Crippen LogP contribution < -0.4 is 5.56 Å². The first-order valence-corrected chi connectivity index (χ1v) is 10.1. The highest BCUT2D eigenvalue weighted by molar-refractivity contribution is 5.80. The maximum absolute atomic E-state index is 13.2. The van der Waals surface area contributed by atoms with E-state index in [1.165, 1.54) is 29.6 Å². The van der Waals surface area contributed by atoms with E-state index >= 15 is 0 Å². The van der Waals surface area contributed by atoms with E-state index in [9.17, 15) is 27.6 Å². The number of hydrogen-bond donors (Lipinski definition) is 0. The van der Waals surface area contributed by atoms with Crippen molar-refractivity contribution in [2.45, 2.75) is 25.6 Å². The van der Waals surface area contributed by atoms with Crippen LogP contribution in [0.2, 0.25) is 0 Å². The summed E-state index contributed by atoms with van der Waals surface area (Å²) in [6.07, 6.45) is -4.97. The van der Waals surface area contributed by atoms with Gasteiger partial charge in [0.25, 0.3) is 11.5 Å². The number of nitrogens with zero attached hydrogens (tertiary/aromatic N) is 3. The van der Waals surface area contributed by atoms with Gasteiger partial charge in [-0.3, -0.25) is 14.4 Å². The van der Waals surface area contributed by atoms with Crippen LogP contribution in [-0.4, -0.2) is 47.0 Å². The molecule has 1 amide bonds. The van der Waals surface area contributed by atoms with E-state index in [0.717, 1.165) is 17.7 Å². The number of alkyl halides is 3.